The summed E-state index contributed by atoms with van der Waals surface area (Å²) in [5.41, 5.74) is 0.326. The molecule has 90 valence electrons. The van der Waals surface area contributed by atoms with Crippen molar-refractivity contribution >= 4 is 27.5 Å². The van der Waals surface area contributed by atoms with Crippen molar-refractivity contribution in [2.45, 2.75) is 0 Å². The summed E-state index contributed by atoms with van der Waals surface area (Å²) in [4.78, 5) is 29.2. The third-order valence-electron chi connectivity index (χ3n) is 2.35. The fraction of sp³-hybridized carbons (Fsp3) is 0. The maximum Gasteiger partial charge on any atom is 0.338 e. The summed E-state index contributed by atoms with van der Waals surface area (Å²) in [6.45, 7) is 0. The predicted octanol–water partition coefficient (Wildman–Crippen LogP) is 0.869. The van der Waals surface area contributed by atoms with Gasteiger partial charge in [0.05, 0.1) is 17.3 Å². The SMILES string of the molecule is O=C(O)c1cnn(-c2nc3ccsc3c(=O)[nH]2)c1. The molecule has 3 aromatic rings. The molecule has 0 aliphatic rings. The highest BCUT2D eigenvalue weighted by Gasteiger charge is 2.10. The van der Waals surface area contributed by atoms with Crippen LogP contribution >= 0.6 is 11.3 Å². The summed E-state index contributed by atoms with van der Waals surface area (Å²) in [6.07, 6.45) is 2.49. The van der Waals surface area contributed by atoms with Crippen molar-refractivity contribution in [3.63, 3.8) is 0 Å². The second kappa shape index (κ2) is 3.77. The van der Waals surface area contributed by atoms with E-state index in [0.717, 1.165) is 0 Å². The Morgan fingerprint density at radius 2 is 2.33 bits per heavy atom. The molecule has 0 aromatic carbocycles. The van der Waals surface area contributed by atoms with Crippen molar-refractivity contribution in [3.8, 4) is 5.95 Å². The topological polar surface area (TPSA) is 101 Å². The van der Waals surface area contributed by atoms with E-state index in [0.29, 0.717) is 10.2 Å². The van der Waals surface area contributed by atoms with E-state index in [1.165, 1.54) is 28.4 Å². The van der Waals surface area contributed by atoms with Crippen LogP contribution in [-0.2, 0) is 0 Å². The van der Waals surface area contributed by atoms with Gasteiger partial charge in [-0.1, -0.05) is 0 Å². The molecular formula is C10H6N4O3S. The Hall–Kier alpha value is -2.48. The molecule has 0 unspecified atom stereocenters. The number of H-pyrrole nitrogens is 1. The number of carbonyl (C=O) groups is 1. The maximum absolute atomic E-state index is 11.7. The smallest absolute Gasteiger partial charge is 0.338 e. The number of aromatic carboxylic acids is 1. The first-order valence-corrected chi connectivity index (χ1v) is 5.79. The number of hydrogen-bond donors (Lipinski definition) is 2. The molecule has 0 saturated heterocycles. The molecule has 0 radical (unpaired) electrons. The van der Waals surface area contributed by atoms with E-state index in [2.05, 4.69) is 15.1 Å². The van der Waals surface area contributed by atoms with Gasteiger partial charge in [-0.05, 0) is 11.4 Å². The average Bonchev–Trinajstić information content (AvgIpc) is 2.97. The highest BCUT2D eigenvalue weighted by atomic mass is 32.1. The minimum atomic E-state index is -1.08. The first kappa shape index (κ1) is 10.7. The first-order chi connectivity index (χ1) is 8.65. The van der Waals surface area contributed by atoms with Crippen LogP contribution in [-0.4, -0.2) is 30.8 Å². The van der Waals surface area contributed by atoms with Crippen LogP contribution in [0.4, 0.5) is 0 Å². The van der Waals surface area contributed by atoms with Crippen LogP contribution in [0.1, 0.15) is 10.4 Å². The van der Waals surface area contributed by atoms with Gasteiger partial charge in [0.25, 0.3) is 5.56 Å². The van der Waals surface area contributed by atoms with Gasteiger partial charge in [-0.25, -0.2) is 14.5 Å². The van der Waals surface area contributed by atoms with Gasteiger partial charge in [0.15, 0.2) is 0 Å². The molecule has 2 N–H and O–H groups in total. The van der Waals surface area contributed by atoms with Gasteiger partial charge in [-0.15, -0.1) is 11.3 Å². The number of hydrogen-bond acceptors (Lipinski definition) is 5. The molecule has 3 rings (SSSR count). The minimum absolute atomic E-state index is 0.0306. The molecule has 0 fully saturated rings. The Morgan fingerprint density at radius 3 is 3.06 bits per heavy atom. The molecule has 0 spiro atoms. The van der Waals surface area contributed by atoms with Gasteiger partial charge in [0.1, 0.15) is 4.70 Å². The van der Waals surface area contributed by atoms with Crippen molar-refractivity contribution < 1.29 is 9.90 Å². The Morgan fingerprint density at radius 1 is 1.50 bits per heavy atom. The third-order valence-corrected chi connectivity index (χ3v) is 3.25. The average molecular weight is 262 g/mol. The molecule has 0 bridgehead atoms. The second-order valence-corrected chi connectivity index (χ2v) is 4.42. The molecule has 0 atom stereocenters. The highest BCUT2D eigenvalue weighted by molar-refractivity contribution is 7.17. The summed E-state index contributed by atoms with van der Waals surface area (Å²) in [6, 6.07) is 1.72. The number of nitrogens with one attached hydrogen (secondary N) is 1. The highest BCUT2D eigenvalue weighted by Crippen LogP contribution is 2.14. The third kappa shape index (κ3) is 1.59. The number of thiophene rings is 1. The van der Waals surface area contributed by atoms with E-state index in [1.807, 2.05) is 0 Å². The van der Waals surface area contributed by atoms with Crippen LogP contribution in [0.5, 0.6) is 0 Å². The van der Waals surface area contributed by atoms with Gasteiger partial charge >= 0.3 is 5.97 Å². The van der Waals surface area contributed by atoms with Crippen LogP contribution in [0.3, 0.4) is 0 Å². The van der Waals surface area contributed by atoms with E-state index >= 15 is 0 Å². The maximum atomic E-state index is 11.7. The summed E-state index contributed by atoms with van der Waals surface area (Å²) in [5.74, 6) is -0.890. The van der Waals surface area contributed by atoms with Crippen molar-refractivity contribution in [2.24, 2.45) is 0 Å². The molecule has 18 heavy (non-hydrogen) atoms. The second-order valence-electron chi connectivity index (χ2n) is 3.50. The molecule has 0 aliphatic heterocycles. The Bertz CT molecular complexity index is 801. The fourth-order valence-electron chi connectivity index (χ4n) is 1.52. The molecule has 3 heterocycles. The molecule has 0 saturated carbocycles. The van der Waals surface area contributed by atoms with E-state index in [-0.39, 0.29) is 17.1 Å². The monoisotopic (exact) mass is 262 g/mol. The van der Waals surface area contributed by atoms with E-state index in [1.54, 1.807) is 11.4 Å². The summed E-state index contributed by atoms with van der Waals surface area (Å²) >= 11 is 1.30. The first-order valence-electron chi connectivity index (χ1n) is 4.91. The van der Waals surface area contributed by atoms with Gasteiger partial charge in [-0.3, -0.25) is 9.78 Å². The van der Waals surface area contributed by atoms with Gasteiger partial charge < -0.3 is 5.11 Å². The molecular weight excluding hydrogens is 256 g/mol. The lowest BCUT2D eigenvalue weighted by atomic mass is 10.4. The fourth-order valence-corrected chi connectivity index (χ4v) is 2.24. The lowest BCUT2D eigenvalue weighted by Gasteiger charge is -1.99. The number of rotatable bonds is 2. The van der Waals surface area contributed by atoms with Crippen LogP contribution in [0.2, 0.25) is 0 Å². The molecule has 0 amide bonds. The van der Waals surface area contributed by atoms with E-state index < -0.39 is 5.97 Å². The lowest BCUT2D eigenvalue weighted by molar-refractivity contribution is 0.0697. The largest absolute Gasteiger partial charge is 0.478 e. The molecule has 8 heteroatoms. The molecule has 7 nitrogen and oxygen atoms in total. The van der Waals surface area contributed by atoms with Gasteiger partial charge in [0.2, 0.25) is 5.95 Å². The molecule has 0 aliphatic carbocycles. The normalized spacial score (nSPS) is 10.9. The van der Waals surface area contributed by atoms with E-state index in [9.17, 15) is 9.59 Å². The van der Waals surface area contributed by atoms with Crippen LogP contribution in [0, 0.1) is 0 Å². The standard InChI is InChI=1S/C10H6N4O3S/c15-8-7-6(1-2-18-7)12-10(13-8)14-4-5(3-11-14)9(16)17/h1-4H,(H,16,17)(H,12,13,15). The number of fused-ring (bicyclic) bond motifs is 1. The van der Waals surface area contributed by atoms with Crippen LogP contribution in [0.25, 0.3) is 16.2 Å². The van der Waals surface area contributed by atoms with Gasteiger partial charge in [-0.2, -0.15) is 5.10 Å². The summed E-state index contributed by atoms with van der Waals surface area (Å²) < 4.78 is 1.76. The minimum Gasteiger partial charge on any atom is -0.478 e. The molecule has 3 aromatic heterocycles. The quantitative estimate of drug-likeness (QED) is 0.713. The number of carboxylic acid groups (broad SMARTS) is 1. The number of aromatic nitrogens is 4. The Kier molecular flexibility index (Phi) is 2.23. The van der Waals surface area contributed by atoms with Crippen LogP contribution < -0.4 is 5.56 Å². The van der Waals surface area contributed by atoms with E-state index in [4.69, 9.17) is 5.11 Å². The Balaban J connectivity index is 2.18. The zero-order chi connectivity index (χ0) is 12.7. The van der Waals surface area contributed by atoms with Crippen LogP contribution in [0.15, 0.2) is 28.6 Å². The number of nitrogens with zero attached hydrogens (tertiary/aromatic N) is 3. The van der Waals surface area contributed by atoms with Crippen molar-refractivity contribution in [1.29, 1.82) is 0 Å². The lowest BCUT2D eigenvalue weighted by Crippen LogP contribution is -2.12. The summed E-state index contributed by atoms with van der Waals surface area (Å²) in [7, 11) is 0. The van der Waals surface area contributed by atoms with Crippen molar-refractivity contribution in [3.05, 3.63) is 39.8 Å². The zero-order valence-corrected chi connectivity index (χ0v) is 9.64. The number of carboxylic acids is 1. The Labute approximate surface area is 103 Å². The summed E-state index contributed by atoms with van der Waals surface area (Å²) in [5, 5.41) is 14.4. The van der Waals surface area contributed by atoms with Crippen molar-refractivity contribution in [2.75, 3.05) is 0 Å². The van der Waals surface area contributed by atoms with Crippen molar-refractivity contribution in [1.82, 2.24) is 19.7 Å². The number of aromatic amines is 1. The zero-order valence-electron chi connectivity index (χ0n) is 8.82. The van der Waals surface area contributed by atoms with Gasteiger partial charge in [0, 0.05) is 6.20 Å². The predicted molar refractivity (Wildman–Crippen MR) is 64.3 cm³/mol.